The normalized spacial score (nSPS) is 19.7. The summed E-state index contributed by atoms with van der Waals surface area (Å²) in [7, 11) is 0. The van der Waals surface area contributed by atoms with Crippen LogP contribution in [-0.4, -0.2) is 14.7 Å². The van der Waals surface area contributed by atoms with E-state index in [1.54, 1.807) is 0 Å². The van der Waals surface area contributed by atoms with E-state index in [1.807, 2.05) is 18.3 Å². The number of hydrogen-bond donors (Lipinski definition) is 1. The molecule has 0 radical (unpaired) electrons. The maximum absolute atomic E-state index is 5.77. The molecule has 0 spiro atoms. The molecule has 0 saturated carbocycles. The molecule has 3 heterocycles. The monoisotopic (exact) mass is 390 g/mol. The Kier molecular flexibility index (Phi) is 4.71. The average molecular weight is 391 g/mol. The van der Waals surface area contributed by atoms with Gasteiger partial charge in [-0.3, -0.25) is 4.98 Å². The third kappa shape index (κ3) is 3.42. The fourth-order valence-electron chi connectivity index (χ4n) is 3.68. The Labute approximate surface area is 172 Å². The van der Waals surface area contributed by atoms with E-state index in [1.165, 1.54) is 11.1 Å². The smallest absolute Gasteiger partial charge is 0.174 e. The van der Waals surface area contributed by atoms with E-state index in [9.17, 15) is 0 Å². The lowest BCUT2D eigenvalue weighted by Crippen LogP contribution is -2.29. The van der Waals surface area contributed by atoms with Crippen molar-refractivity contribution in [2.24, 2.45) is 0 Å². The van der Waals surface area contributed by atoms with Gasteiger partial charge in [0.2, 0.25) is 0 Å². The van der Waals surface area contributed by atoms with Gasteiger partial charge in [-0.1, -0.05) is 23.8 Å². The summed E-state index contributed by atoms with van der Waals surface area (Å²) in [6.07, 6.45) is 6.23. The van der Waals surface area contributed by atoms with Crippen LogP contribution in [0.25, 0.3) is 0 Å². The van der Waals surface area contributed by atoms with E-state index in [2.05, 4.69) is 96.3 Å². The second-order valence-corrected chi connectivity index (χ2v) is 8.74. The number of aryl methyl sites for hydroxylation is 1. The second kappa shape index (κ2) is 7.06. The molecule has 0 unspecified atom stereocenters. The Morgan fingerprint density at radius 2 is 1.79 bits per heavy atom. The van der Waals surface area contributed by atoms with E-state index in [4.69, 9.17) is 12.2 Å². The summed E-state index contributed by atoms with van der Waals surface area (Å²) < 4.78 is 2.26. The molecule has 4 rings (SSSR count). The lowest BCUT2D eigenvalue weighted by molar-refractivity contribution is 0.397. The summed E-state index contributed by atoms with van der Waals surface area (Å²) in [5, 5.41) is 4.25. The molecule has 3 aromatic rings. The summed E-state index contributed by atoms with van der Waals surface area (Å²) in [5.74, 6) is 0. The minimum atomic E-state index is -0.00850. The van der Waals surface area contributed by atoms with Crippen molar-refractivity contribution < 1.29 is 0 Å². The van der Waals surface area contributed by atoms with Crippen molar-refractivity contribution in [1.82, 2.24) is 14.9 Å². The van der Waals surface area contributed by atoms with Gasteiger partial charge in [0.1, 0.15) is 0 Å². The molecule has 1 aliphatic heterocycles. The number of pyridine rings is 1. The van der Waals surface area contributed by atoms with Gasteiger partial charge in [-0.15, -0.1) is 0 Å². The van der Waals surface area contributed by atoms with E-state index in [-0.39, 0.29) is 17.6 Å². The van der Waals surface area contributed by atoms with Gasteiger partial charge < -0.3 is 14.8 Å². The minimum Gasteiger partial charge on any atom is -0.351 e. The standard InChI is InChI=1S/C23H26N4S/c1-16-8-10-18(11-9-16)27-21(17-12-14-26(15-17)23(2,3)4)20(25-22(27)28)19-7-5-6-13-24-19/h5-15,20-21H,1-4H3,(H,25,28)/t20-,21-/m0/s1. The Balaban J connectivity index is 1.81. The maximum Gasteiger partial charge on any atom is 0.174 e. The van der Waals surface area contributed by atoms with E-state index in [0.29, 0.717) is 0 Å². The largest absolute Gasteiger partial charge is 0.351 e. The molecule has 1 aliphatic rings. The molecule has 5 heteroatoms. The Morgan fingerprint density at radius 1 is 1.04 bits per heavy atom. The van der Waals surface area contributed by atoms with Crippen molar-refractivity contribution in [2.75, 3.05) is 4.90 Å². The topological polar surface area (TPSA) is 33.1 Å². The number of nitrogens with one attached hydrogen (secondary N) is 1. The quantitative estimate of drug-likeness (QED) is 0.629. The van der Waals surface area contributed by atoms with Gasteiger partial charge in [0, 0.05) is 29.8 Å². The summed E-state index contributed by atoms with van der Waals surface area (Å²) in [5.41, 5.74) is 4.57. The fraction of sp³-hybridized carbons (Fsp3) is 0.304. The van der Waals surface area contributed by atoms with Gasteiger partial charge in [-0.2, -0.15) is 0 Å². The Morgan fingerprint density at radius 3 is 2.39 bits per heavy atom. The highest BCUT2D eigenvalue weighted by atomic mass is 32.1. The van der Waals surface area contributed by atoms with Gasteiger partial charge in [0.15, 0.2) is 5.11 Å². The molecule has 1 N–H and O–H groups in total. The van der Waals surface area contributed by atoms with Crippen molar-refractivity contribution in [3.63, 3.8) is 0 Å². The van der Waals surface area contributed by atoms with Crippen LogP contribution in [0.2, 0.25) is 0 Å². The molecule has 1 saturated heterocycles. The van der Waals surface area contributed by atoms with Crippen LogP contribution in [0, 0.1) is 6.92 Å². The first kappa shape index (κ1) is 18.7. The zero-order chi connectivity index (χ0) is 19.9. The first-order valence-electron chi connectivity index (χ1n) is 9.60. The SMILES string of the molecule is Cc1ccc(N2C(=S)N[C@@H](c3ccccn3)[C@@H]2c2ccn(C(C)(C)C)c2)cc1. The number of thiocarbonyl (C=S) groups is 1. The number of rotatable bonds is 3. The number of hydrogen-bond acceptors (Lipinski definition) is 2. The molecule has 28 heavy (non-hydrogen) atoms. The number of nitrogens with zero attached hydrogens (tertiary/aromatic N) is 3. The molecule has 4 nitrogen and oxygen atoms in total. The summed E-state index contributed by atoms with van der Waals surface area (Å²) >= 11 is 5.77. The lowest BCUT2D eigenvalue weighted by atomic mass is 9.98. The van der Waals surface area contributed by atoms with Crippen LogP contribution in [0.4, 0.5) is 5.69 Å². The van der Waals surface area contributed by atoms with Gasteiger partial charge in [-0.05, 0) is 75.8 Å². The minimum absolute atomic E-state index is 0.00850. The van der Waals surface area contributed by atoms with Crippen LogP contribution in [0.1, 0.15) is 49.7 Å². The van der Waals surface area contributed by atoms with Crippen molar-refractivity contribution in [3.8, 4) is 0 Å². The lowest BCUT2D eigenvalue weighted by Gasteiger charge is -2.28. The molecule has 0 amide bonds. The summed E-state index contributed by atoms with van der Waals surface area (Å²) in [6, 6.07) is 16.8. The van der Waals surface area contributed by atoms with Gasteiger partial charge in [-0.25, -0.2) is 0 Å². The van der Waals surface area contributed by atoms with Crippen LogP contribution in [0.5, 0.6) is 0 Å². The maximum atomic E-state index is 5.77. The van der Waals surface area contributed by atoms with E-state index in [0.717, 1.165) is 16.5 Å². The summed E-state index contributed by atoms with van der Waals surface area (Å²) in [4.78, 5) is 6.83. The average Bonchev–Trinajstić information content (AvgIpc) is 3.28. The van der Waals surface area contributed by atoms with Gasteiger partial charge in [0.25, 0.3) is 0 Å². The second-order valence-electron chi connectivity index (χ2n) is 8.36. The highest BCUT2D eigenvalue weighted by molar-refractivity contribution is 7.80. The molecule has 144 valence electrons. The molecule has 2 aromatic heterocycles. The summed E-state index contributed by atoms with van der Waals surface area (Å²) in [6.45, 7) is 8.73. The third-order valence-electron chi connectivity index (χ3n) is 5.24. The number of anilines is 1. The molecular weight excluding hydrogens is 364 g/mol. The molecule has 1 fully saturated rings. The molecular formula is C23H26N4S. The van der Waals surface area contributed by atoms with Gasteiger partial charge in [0.05, 0.1) is 17.8 Å². The predicted molar refractivity (Wildman–Crippen MR) is 119 cm³/mol. The van der Waals surface area contributed by atoms with Crippen LogP contribution < -0.4 is 10.2 Å². The van der Waals surface area contributed by atoms with Crippen molar-refractivity contribution in [1.29, 1.82) is 0 Å². The predicted octanol–water partition coefficient (Wildman–Crippen LogP) is 5.12. The van der Waals surface area contributed by atoms with Crippen LogP contribution in [-0.2, 0) is 5.54 Å². The fourth-order valence-corrected chi connectivity index (χ4v) is 4.03. The van der Waals surface area contributed by atoms with E-state index < -0.39 is 0 Å². The highest BCUT2D eigenvalue weighted by Gasteiger charge is 2.41. The number of benzene rings is 1. The zero-order valence-corrected chi connectivity index (χ0v) is 17.6. The molecule has 1 aromatic carbocycles. The Bertz CT molecular complexity index is 970. The molecule has 0 aliphatic carbocycles. The van der Waals surface area contributed by atoms with Crippen molar-refractivity contribution >= 4 is 23.0 Å². The number of aromatic nitrogens is 2. The van der Waals surface area contributed by atoms with Crippen LogP contribution in [0.3, 0.4) is 0 Å². The first-order valence-corrected chi connectivity index (χ1v) is 10.0. The van der Waals surface area contributed by atoms with Crippen LogP contribution >= 0.6 is 12.2 Å². The molecule has 0 bridgehead atoms. The highest BCUT2D eigenvalue weighted by Crippen LogP contribution is 2.41. The van der Waals surface area contributed by atoms with Crippen molar-refractivity contribution in [2.45, 2.75) is 45.3 Å². The Hall–Kier alpha value is -2.66. The van der Waals surface area contributed by atoms with Gasteiger partial charge >= 0.3 is 0 Å². The van der Waals surface area contributed by atoms with E-state index >= 15 is 0 Å². The first-order chi connectivity index (χ1) is 13.3. The van der Waals surface area contributed by atoms with Crippen LogP contribution in [0.15, 0.2) is 67.1 Å². The zero-order valence-electron chi connectivity index (χ0n) is 16.8. The van der Waals surface area contributed by atoms with Crippen molar-refractivity contribution in [3.05, 3.63) is 83.9 Å². The third-order valence-corrected chi connectivity index (χ3v) is 5.56. The molecule has 2 atom stereocenters.